The second-order valence-electron chi connectivity index (χ2n) is 5.92. The third-order valence-electron chi connectivity index (χ3n) is 4.43. The van der Waals surface area contributed by atoms with Gasteiger partial charge < -0.3 is 0 Å². The molecule has 1 saturated carbocycles. The van der Waals surface area contributed by atoms with Crippen LogP contribution in [0.4, 0.5) is 0 Å². The Bertz CT molecular complexity index is 445. The van der Waals surface area contributed by atoms with Gasteiger partial charge in [-0.25, -0.2) is 0 Å². The van der Waals surface area contributed by atoms with Crippen molar-refractivity contribution in [1.82, 2.24) is 4.90 Å². The Hall–Kier alpha value is -1.33. The van der Waals surface area contributed by atoms with Gasteiger partial charge in [-0.15, -0.1) is 0 Å². The highest BCUT2D eigenvalue weighted by Gasteiger charge is 2.25. The lowest BCUT2D eigenvalue weighted by molar-refractivity contribution is 0.246. The highest BCUT2D eigenvalue weighted by Crippen LogP contribution is 2.40. The zero-order chi connectivity index (χ0) is 13.1. The number of nitriles is 1. The Kier molecular flexibility index (Phi) is 3.84. The second-order valence-corrected chi connectivity index (χ2v) is 5.92. The number of hydrogen-bond donors (Lipinski definition) is 0. The van der Waals surface area contributed by atoms with Crippen molar-refractivity contribution >= 4 is 0 Å². The Morgan fingerprint density at radius 1 is 1.00 bits per heavy atom. The molecule has 1 atom stereocenters. The molecule has 1 aliphatic heterocycles. The Morgan fingerprint density at radius 3 is 2.16 bits per heavy atom. The van der Waals surface area contributed by atoms with E-state index in [2.05, 4.69) is 35.2 Å². The van der Waals surface area contributed by atoms with Crippen LogP contribution >= 0.6 is 0 Å². The number of likely N-dealkylation sites (tertiary alicyclic amines) is 1. The maximum atomic E-state index is 9.52. The van der Waals surface area contributed by atoms with Crippen molar-refractivity contribution < 1.29 is 0 Å². The first-order valence-electron chi connectivity index (χ1n) is 7.62. The molecule has 1 aliphatic carbocycles. The van der Waals surface area contributed by atoms with Crippen LogP contribution in [0.3, 0.4) is 0 Å². The average molecular weight is 254 g/mol. The zero-order valence-corrected chi connectivity index (χ0v) is 11.5. The summed E-state index contributed by atoms with van der Waals surface area (Å²) in [7, 11) is 0. The quantitative estimate of drug-likeness (QED) is 0.815. The molecular weight excluding hydrogens is 232 g/mol. The maximum Gasteiger partial charge on any atom is 0.123 e. The molecule has 1 saturated heterocycles. The predicted molar refractivity (Wildman–Crippen MR) is 76.8 cm³/mol. The van der Waals surface area contributed by atoms with Gasteiger partial charge in [-0.05, 0) is 55.8 Å². The molecular formula is C17H22N2. The molecule has 3 rings (SSSR count). The monoisotopic (exact) mass is 254 g/mol. The summed E-state index contributed by atoms with van der Waals surface area (Å²) < 4.78 is 0. The van der Waals surface area contributed by atoms with Crippen molar-refractivity contribution in [2.45, 2.75) is 50.5 Å². The van der Waals surface area contributed by atoms with Gasteiger partial charge in [0.25, 0.3) is 0 Å². The normalized spacial score (nSPS) is 22.5. The lowest BCUT2D eigenvalue weighted by Gasteiger charge is -2.25. The van der Waals surface area contributed by atoms with Crippen molar-refractivity contribution in [3.05, 3.63) is 35.4 Å². The van der Waals surface area contributed by atoms with Gasteiger partial charge in [0.05, 0.1) is 6.07 Å². The molecule has 19 heavy (non-hydrogen) atoms. The van der Waals surface area contributed by atoms with E-state index in [1.807, 2.05) is 0 Å². The SMILES string of the molecule is N#CC(c1ccc(C2CC2)cc1)N1CCCCCC1. The summed E-state index contributed by atoms with van der Waals surface area (Å²) in [6, 6.07) is 11.3. The molecule has 1 heterocycles. The number of rotatable bonds is 3. The highest BCUT2D eigenvalue weighted by atomic mass is 15.1. The lowest BCUT2D eigenvalue weighted by atomic mass is 10.0. The van der Waals surface area contributed by atoms with Crippen LogP contribution in [-0.2, 0) is 0 Å². The molecule has 1 aromatic rings. The average Bonchev–Trinajstić information content (AvgIpc) is 3.28. The Balaban J connectivity index is 1.74. The fraction of sp³-hybridized carbons (Fsp3) is 0.588. The number of hydrogen-bond acceptors (Lipinski definition) is 2. The van der Waals surface area contributed by atoms with E-state index in [0.29, 0.717) is 0 Å². The van der Waals surface area contributed by atoms with Crippen LogP contribution in [0, 0.1) is 11.3 Å². The van der Waals surface area contributed by atoms with Crippen LogP contribution in [0.15, 0.2) is 24.3 Å². The molecule has 0 bridgehead atoms. The van der Waals surface area contributed by atoms with Gasteiger partial charge in [-0.2, -0.15) is 5.26 Å². The van der Waals surface area contributed by atoms with E-state index >= 15 is 0 Å². The minimum atomic E-state index is -0.0497. The first-order valence-corrected chi connectivity index (χ1v) is 7.62. The van der Waals surface area contributed by atoms with Crippen LogP contribution < -0.4 is 0 Å². The summed E-state index contributed by atoms with van der Waals surface area (Å²) in [4.78, 5) is 2.36. The Labute approximate surface area is 116 Å². The first kappa shape index (κ1) is 12.7. The van der Waals surface area contributed by atoms with Crippen molar-refractivity contribution in [3.63, 3.8) is 0 Å². The van der Waals surface area contributed by atoms with E-state index in [9.17, 15) is 5.26 Å². The van der Waals surface area contributed by atoms with Gasteiger partial charge in [0.2, 0.25) is 0 Å². The van der Waals surface area contributed by atoms with Crippen molar-refractivity contribution in [3.8, 4) is 6.07 Å². The molecule has 0 spiro atoms. The number of benzene rings is 1. The first-order chi connectivity index (χ1) is 9.38. The molecule has 0 aromatic heterocycles. The Morgan fingerprint density at radius 2 is 1.63 bits per heavy atom. The molecule has 2 heteroatoms. The molecule has 1 aromatic carbocycles. The summed E-state index contributed by atoms with van der Waals surface area (Å²) in [5.41, 5.74) is 2.63. The van der Waals surface area contributed by atoms with Crippen LogP contribution in [0.5, 0.6) is 0 Å². The molecule has 2 nitrogen and oxygen atoms in total. The van der Waals surface area contributed by atoms with Crippen LogP contribution in [-0.4, -0.2) is 18.0 Å². The summed E-state index contributed by atoms with van der Waals surface area (Å²) in [5.74, 6) is 0.799. The largest absolute Gasteiger partial charge is 0.284 e. The fourth-order valence-corrected chi connectivity index (χ4v) is 3.09. The van der Waals surface area contributed by atoms with Gasteiger partial charge in [0, 0.05) is 0 Å². The fourth-order valence-electron chi connectivity index (χ4n) is 3.09. The minimum Gasteiger partial charge on any atom is -0.284 e. The molecule has 2 fully saturated rings. The van der Waals surface area contributed by atoms with Gasteiger partial charge in [-0.3, -0.25) is 4.90 Å². The predicted octanol–water partition coefficient (Wildman–Crippen LogP) is 4.00. The van der Waals surface area contributed by atoms with E-state index in [1.165, 1.54) is 49.7 Å². The van der Waals surface area contributed by atoms with E-state index < -0.39 is 0 Å². The standard InChI is InChI=1S/C17H22N2/c18-13-17(19-11-3-1-2-4-12-19)16-9-7-15(8-10-16)14-5-6-14/h7-10,14,17H,1-6,11-12H2. The third kappa shape index (κ3) is 2.98. The maximum absolute atomic E-state index is 9.52. The van der Waals surface area contributed by atoms with Crippen LogP contribution in [0.25, 0.3) is 0 Å². The molecule has 1 unspecified atom stereocenters. The van der Waals surface area contributed by atoms with Crippen molar-refractivity contribution in [2.24, 2.45) is 0 Å². The third-order valence-corrected chi connectivity index (χ3v) is 4.43. The molecule has 0 N–H and O–H groups in total. The van der Waals surface area contributed by atoms with E-state index in [4.69, 9.17) is 0 Å². The van der Waals surface area contributed by atoms with Gasteiger partial charge in [-0.1, -0.05) is 37.1 Å². The van der Waals surface area contributed by atoms with Crippen LogP contribution in [0.2, 0.25) is 0 Å². The van der Waals surface area contributed by atoms with Gasteiger partial charge >= 0.3 is 0 Å². The minimum absolute atomic E-state index is 0.0497. The van der Waals surface area contributed by atoms with E-state index in [-0.39, 0.29) is 6.04 Å². The topological polar surface area (TPSA) is 27.0 Å². The highest BCUT2D eigenvalue weighted by molar-refractivity contribution is 5.32. The number of nitrogens with zero attached hydrogens (tertiary/aromatic N) is 2. The van der Waals surface area contributed by atoms with E-state index in [0.717, 1.165) is 19.0 Å². The lowest BCUT2D eigenvalue weighted by Crippen LogP contribution is -2.28. The van der Waals surface area contributed by atoms with Crippen molar-refractivity contribution in [2.75, 3.05) is 13.1 Å². The second kappa shape index (κ2) is 5.75. The smallest absolute Gasteiger partial charge is 0.123 e. The van der Waals surface area contributed by atoms with Crippen LogP contribution in [0.1, 0.15) is 61.6 Å². The summed E-state index contributed by atoms with van der Waals surface area (Å²) in [6.45, 7) is 2.14. The molecule has 0 radical (unpaired) electrons. The molecule has 2 aliphatic rings. The molecule has 0 amide bonds. The zero-order valence-electron chi connectivity index (χ0n) is 11.5. The summed E-state index contributed by atoms with van der Waals surface area (Å²) in [5, 5.41) is 9.52. The van der Waals surface area contributed by atoms with Gasteiger partial charge in [0.1, 0.15) is 6.04 Å². The van der Waals surface area contributed by atoms with E-state index in [1.54, 1.807) is 0 Å². The summed E-state index contributed by atoms with van der Waals surface area (Å²) >= 11 is 0. The summed E-state index contributed by atoms with van der Waals surface area (Å²) in [6.07, 6.45) is 7.78. The van der Waals surface area contributed by atoms with Crippen molar-refractivity contribution in [1.29, 1.82) is 5.26 Å². The van der Waals surface area contributed by atoms with Gasteiger partial charge in [0.15, 0.2) is 0 Å². The molecule has 100 valence electrons.